The molecule has 9 nitrogen and oxygen atoms in total. The number of carbonyl (C=O) groups excluding carboxylic acids is 4. The van der Waals surface area contributed by atoms with Gasteiger partial charge < -0.3 is 24.1 Å². The summed E-state index contributed by atoms with van der Waals surface area (Å²) in [6.45, 7) is 13.9. The molecule has 0 unspecified atom stereocenters. The number of ether oxygens (including phenoxy) is 4. The van der Waals surface area contributed by atoms with Crippen LogP contribution in [0.4, 0.5) is 0 Å². The second-order valence-corrected chi connectivity index (χ2v) is 7.70. The lowest BCUT2D eigenvalue weighted by Crippen LogP contribution is -2.60. The molecule has 0 spiro atoms. The molecule has 2 rings (SSSR count). The van der Waals surface area contributed by atoms with Crippen LogP contribution in [-0.4, -0.2) is 59.0 Å². The Hall–Kier alpha value is -2.94. The second kappa shape index (κ2) is 8.43. The number of hydrogen-bond donors (Lipinski definition) is 1. The van der Waals surface area contributed by atoms with Gasteiger partial charge in [0.2, 0.25) is 0 Å². The molecule has 1 N–H and O–H groups in total. The van der Waals surface area contributed by atoms with E-state index in [1.165, 1.54) is 33.8 Å². The third kappa shape index (κ3) is 4.30. The molecule has 1 saturated heterocycles. The van der Waals surface area contributed by atoms with E-state index in [0.717, 1.165) is 6.92 Å². The molecule has 164 valence electrons. The summed E-state index contributed by atoms with van der Waals surface area (Å²) >= 11 is 0. The summed E-state index contributed by atoms with van der Waals surface area (Å²) in [6, 6.07) is 0. The summed E-state index contributed by atoms with van der Waals surface area (Å²) < 4.78 is 21.8. The molecule has 2 heterocycles. The molecule has 0 aromatic rings. The Kier molecular flexibility index (Phi) is 6.56. The number of fused-ring (bicyclic) bond motifs is 1. The smallest absolute Gasteiger partial charge is 0.334 e. The van der Waals surface area contributed by atoms with Gasteiger partial charge in [-0.3, -0.25) is 4.79 Å². The number of esters is 4. The van der Waals surface area contributed by atoms with Crippen LogP contribution in [0, 0.1) is 5.92 Å². The summed E-state index contributed by atoms with van der Waals surface area (Å²) in [5, 5.41) is 10.5. The first-order valence-corrected chi connectivity index (χ1v) is 9.32. The molecule has 0 aliphatic carbocycles. The van der Waals surface area contributed by atoms with Crippen molar-refractivity contribution in [3.63, 3.8) is 0 Å². The molecule has 0 aromatic heterocycles. The fourth-order valence-electron chi connectivity index (χ4n) is 3.34. The third-order valence-electron chi connectivity index (χ3n) is 5.24. The highest BCUT2D eigenvalue weighted by Crippen LogP contribution is 2.40. The van der Waals surface area contributed by atoms with E-state index in [2.05, 4.69) is 13.2 Å². The molecule has 2 aliphatic rings. The zero-order valence-corrected chi connectivity index (χ0v) is 17.6. The lowest BCUT2D eigenvalue weighted by Gasteiger charge is -2.42. The van der Waals surface area contributed by atoms with Crippen molar-refractivity contribution >= 4 is 23.9 Å². The quantitative estimate of drug-likeness (QED) is 0.403. The Morgan fingerprint density at radius 1 is 1.23 bits per heavy atom. The predicted octanol–water partition coefficient (Wildman–Crippen LogP) is 1.15. The van der Waals surface area contributed by atoms with E-state index >= 15 is 0 Å². The van der Waals surface area contributed by atoms with E-state index in [-0.39, 0.29) is 16.7 Å². The first-order valence-electron chi connectivity index (χ1n) is 9.32. The maximum absolute atomic E-state index is 12.6. The van der Waals surface area contributed by atoms with Crippen molar-refractivity contribution in [3.05, 3.63) is 36.0 Å². The SMILES string of the molecule is C=C(C)C(=O)O[C@H]1[C@H]2C(=C)C(=O)O[C@H]2/C=C(/C)C(=O)O[C@@](C)([C@H](C)O)[C@H]1OC(C)=O. The van der Waals surface area contributed by atoms with Crippen LogP contribution in [-0.2, 0) is 38.1 Å². The third-order valence-corrected chi connectivity index (χ3v) is 5.24. The van der Waals surface area contributed by atoms with Gasteiger partial charge in [-0.15, -0.1) is 0 Å². The normalized spacial score (nSPS) is 34.1. The number of aliphatic hydroxyl groups is 1. The van der Waals surface area contributed by atoms with E-state index in [4.69, 9.17) is 18.9 Å². The minimum atomic E-state index is -1.83. The Morgan fingerprint density at radius 3 is 2.33 bits per heavy atom. The molecule has 1 fully saturated rings. The summed E-state index contributed by atoms with van der Waals surface area (Å²) in [4.78, 5) is 49.2. The molecule has 0 aromatic carbocycles. The molecule has 9 heteroatoms. The standard InChI is InChI=1S/C21H26O9/c1-9(2)18(24)29-16-15-11(4)20(26)28-14(15)8-10(3)19(25)30-21(7,12(5)22)17(16)27-13(6)23/h8,12,14-17,22H,1,4H2,2-3,5-7H3/b10-8-/t12-,14-,15-,16-,17-,21-/m0/s1. The Morgan fingerprint density at radius 2 is 1.83 bits per heavy atom. The van der Waals surface area contributed by atoms with Gasteiger partial charge in [-0.25, -0.2) is 14.4 Å². The highest BCUT2D eigenvalue weighted by atomic mass is 16.6. The van der Waals surface area contributed by atoms with Crippen molar-refractivity contribution in [2.24, 2.45) is 5.92 Å². The second-order valence-electron chi connectivity index (χ2n) is 7.70. The fraction of sp³-hybridized carbons (Fsp3) is 0.524. The molecule has 6 atom stereocenters. The largest absolute Gasteiger partial charge is 0.454 e. The summed E-state index contributed by atoms with van der Waals surface area (Å²) in [5.74, 6) is -4.19. The van der Waals surface area contributed by atoms with Crippen molar-refractivity contribution < 1.29 is 43.2 Å². The number of carbonyl (C=O) groups is 4. The van der Waals surface area contributed by atoms with E-state index in [0.29, 0.717) is 0 Å². The van der Waals surface area contributed by atoms with Crippen molar-refractivity contribution in [3.8, 4) is 0 Å². The monoisotopic (exact) mass is 422 g/mol. The maximum Gasteiger partial charge on any atom is 0.334 e. The number of cyclic esters (lactones) is 1. The van der Waals surface area contributed by atoms with Gasteiger partial charge in [0, 0.05) is 23.6 Å². The van der Waals surface area contributed by atoms with Crippen LogP contribution in [0.1, 0.15) is 34.6 Å². The predicted molar refractivity (Wildman–Crippen MR) is 103 cm³/mol. The zero-order valence-electron chi connectivity index (χ0n) is 17.6. The highest BCUT2D eigenvalue weighted by molar-refractivity contribution is 5.93. The number of aliphatic hydroxyl groups excluding tert-OH is 1. The van der Waals surface area contributed by atoms with Crippen LogP contribution in [0.25, 0.3) is 0 Å². The average Bonchev–Trinajstić information content (AvgIpc) is 2.91. The summed E-state index contributed by atoms with van der Waals surface area (Å²) in [6.07, 6.45) is -3.90. The van der Waals surface area contributed by atoms with E-state index < -0.39 is 59.8 Å². The van der Waals surface area contributed by atoms with Crippen molar-refractivity contribution in [2.45, 2.75) is 64.6 Å². The molecular formula is C21H26O9. The number of hydrogen-bond acceptors (Lipinski definition) is 9. The highest BCUT2D eigenvalue weighted by Gasteiger charge is 2.57. The molecule has 0 amide bonds. The van der Waals surface area contributed by atoms with Crippen molar-refractivity contribution in [2.75, 3.05) is 0 Å². The molecule has 0 saturated carbocycles. The fourth-order valence-corrected chi connectivity index (χ4v) is 3.34. The van der Waals surface area contributed by atoms with Crippen molar-refractivity contribution in [1.82, 2.24) is 0 Å². The van der Waals surface area contributed by atoms with Crippen LogP contribution in [0.15, 0.2) is 36.0 Å². The molecule has 2 aliphatic heterocycles. The Labute approximate surface area is 174 Å². The zero-order chi connectivity index (χ0) is 23.0. The maximum atomic E-state index is 12.6. The summed E-state index contributed by atoms with van der Waals surface area (Å²) in [5.41, 5.74) is -1.74. The topological polar surface area (TPSA) is 125 Å². The molecular weight excluding hydrogens is 396 g/mol. The van der Waals surface area contributed by atoms with Crippen LogP contribution < -0.4 is 0 Å². The van der Waals surface area contributed by atoms with Gasteiger partial charge in [0.1, 0.15) is 6.10 Å². The molecule has 0 bridgehead atoms. The van der Waals surface area contributed by atoms with E-state index in [1.807, 2.05) is 0 Å². The van der Waals surface area contributed by atoms with Crippen LogP contribution >= 0.6 is 0 Å². The molecule has 0 radical (unpaired) electrons. The van der Waals surface area contributed by atoms with Crippen molar-refractivity contribution in [1.29, 1.82) is 0 Å². The van der Waals surface area contributed by atoms with Gasteiger partial charge >= 0.3 is 23.9 Å². The Bertz CT molecular complexity index is 837. The minimum Gasteiger partial charge on any atom is -0.454 e. The van der Waals surface area contributed by atoms with Gasteiger partial charge in [0.05, 0.1) is 12.0 Å². The minimum absolute atomic E-state index is 0.0389. The van der Waals surface area contributed by atoms with Crippen LogP contribution in [0.5, 0.6) is 0 Å². The van der Waals surface area contributed by atoms with Crippen LogP contribution in [0.3, 0.4) is 0 Å². The van der Waals surface area contributed by atoms with Crippen LogP contribution in [0.2, 0.25) is 0 Å². The summed E-state index contributed by atoms with van der Waals surface area (Å²) in [7, 11) is 0. The number of rotatable bonds is 4. The van der Waals surface area contributed by atoms with Gasteiger partial charge in [0.15, 0.2) is 17.8 Å². The van der Waals surface area contributed by atoms with E-state index in [9.17, 15) is 24.3 Å². The first kappa shape index (κ1) is 23.3. The van der Waals surface area contributed by atoms with Gasteiger partial charge in [-0.05, 0) is 33.8 Å². The van der Waals surface area contributed by atoms with Gasteiger partial charge in [-0.2, -0.15) is 0 Å². The Balaban J connectivity index is 2.76. The van der Waals surface area contributed by atoms with Gasteiger partial charge in [-0.1, -0.05) is 13.2 Å². The lowest BCUT2D eigenvalue weighted by atomic mass is 9.80. The lowest BCUT2D eigenvalue weighted by molar-refractivity contribution is -0.220. The van der Waals surface area contributed by atoms with Gasteiger partial charge in [0.25, 0.3) is 0 Å². The first-order chi connectivity index (χ1) is 13.8. The average molecular weight is 422 g/mol. The van der Waals surface area contributed by atoms with E-state index in [1.54, 1.807) is 0 Å². The molecule has 30 heavy (non-hydrogen) atoms.